The number of hydrogen-bond donors (Lipinski definition) is 1. The summed E-state index contributed by atoms with van der Waals surface area (Å²) in [6.45, 7) is 0.758. The van der Waals surface area contributed by atoms with Gasteiger partial charge in [0.05, 0.1) is 18.2 Å². The first kappa shape index (κ1) is 19.8. The van der Waals surface area contributed by atoms with Crippen molar-refractivity contribution in [3.05, 3.63) is 64.5 Å². The average molecular weight is 434 g/mol. The van der Waals surface area contributed by atoms with Gasteiger partial charge >= 0.3 is 0 Å². The Bertz CT molecular complexity index is 1110. The highest BCUT2D eigenvalue weighted by atomic mass is 32.1. The van der Waals surface area contributed by atoms with Gasteiger partial charge in [-0.15, -0.1) is 11.3 Å². The normalized spacial score (nSPS) is 17.9. The number of hydrogen-bond acceptors (Lipinski definition) is 5. The van der Waals surface area contributed by atoms with Gasteiger partial charge in [0.1, 0.15) is 10.8 Å². The van der Waals surface area contributed by atoms with E-state index in [9.17, 15) is 9.59 Å². The van der Waals surface area contributed by atoms with E-state index < -0.39 is 0 Å². The van der Waals surface area contributed by atoms with Gasteiger partial charge in [-0.2, -0.15) is 0 Å². The summed E-state index contributed by atoms with van der Waals surface area (Å²) >= 11 is 1.59. The molecule has 1 aromatic heterocycles. The molecular weight excluding hydrogens is 410 g/mol. The molecule has 6 nitrogen and oxygen atoms in total. The van der Waals surface area contributed by atoms with Crippen molar-refractivity contribution >= 4 is 28.8 Å². The molecule has 0 spiro atoms. The van der Waals surface area contributed by atoms with Crippen LogP contribution >= 0.6 is 11.3 Å². The van der Waals surface area contributed by atoms with Crippen LogP contribution in [0.25, 0.3) is 11.3 Å². The number of amides is 2. The molecule has 158 valence electrons. The second kappa shape index (κ2) is 8.51. The molecule has 7 heteroatoms. The molecule has 31 heavy (non-hydrogen) atoms. The van der Waals surface area contributed by atoms with E-state index in [1.165, 1.54) is 0 Å². The summed E-state index contributed by atoms with van der Waals surface area (Å²) < 4.78 is 5.69. The first-order valence-corrected chi connectivity index (χ1v) is 11.4. The maximum Gasteiger partial charge on any atom is 0.261 e. The number of anilines is 1. The van der Waals surface area contributed by atoms with E-state index in [0.717, 1.165) is 53.3 Å². The van der Waals surface area contributed by atoms with Gasteiger partial charge in [-0.05, 0) is 49.1 Å². The Hall–Kier alpha value is -3.19. The van der Waals surface area contributed by atoms with Crippen molar-refractivity contribution in [2.45, 2.75) is 31.7 Å². The number of para-hydroxylation sites is 1. The third-order valence-electron chi connectivity index (χ3n) is 5.76. The molecule has 0 radical (unpaired) electrons. The monoisotopic (exact) mass is 433 g/mol. The number of carbonyl (C=O) groups is 2. The number of nitrogens with one attached hydrogen (secondary N) is 1. The Balaban J connectivity index is 1.32. The molecule has 2 aliphatic rings. The van der Waals surface area contributed by atoms with Crippen LogP contribution in [0, 0.1) is 0 Å². The number of thiazole rings is 1. The molecule has 3 aromatic rings. The summed E-state index contributed by atoms with van der Waals surface area (Å²) in [6, 6.07) is 15.4. The van der Waals surface area contributed by atoms with E-state index in [1.54, 1.807) is 11.3 Å². The summed E-state index contributed by atoms with van der Waals surface area (Å²) in [5.74, 6) is 0.721. The Morgan fingerprint density at radius 1 is 1.19 bits per heavy atom. The first-order valence-electron chi connectivity index (χ1n) is 10.5. The molecular formula is C24H23N3O3S. The minimum absolute atomic E-state index is 0.00702. The van der Waals surface area contributed by atoms with Gasteiger partial charge in [-0.25, -0.2) is 4.98 Å². The third kappa shape index (κ3) is 4.18. The molecule has 5 rings (SSSR count). The average Bonchev–Trinajstić information content (AvgIpc) is 3.43. The zero-order valence-electron chi connectivity index (χ0n) is 17.0. The van der Waals surface area contributed by atoms with Gasteiger partial charge in [0.15, 0.2) is 6.61 Å². The quantitative estimate of drug-likeness (QED) is 0.646. The molecule has 0 saturated carbocycles. The summed E-state index contributed by atoms with van der Waals surface area (Å²) in [6.07, 6.45) is 3.40. The largest absolute Gasteiger partial charge is 0.484 e. The summed E-state index contributed by atoms with van der Waals surface area (Å²) in [5.41, 5.74) is 3.77. The van der Waals surface area contributed by atoms with Crippen LogP contribution in [0.3, 0.4) is 0 Å². The maximum atomic E-state index is 12.9. The molecule has 2 aromatic carbocycles. The van der Waals surface area contributed by atoms with Crippen LogP contribution in [0.15, 0.2) is 53.9 Å². The number of nitrogens with zero attached hydrogens (tertiary/aromatic N) is 2. The van der Waals surface area contributed by atoms with E-state index in [0.29, 0.717) is 12.2 Å². The molecule has 0 aliphatic carbocycles. The highest BCUT2D eigenvalue weighted by Crippen LogP contribution is 2.36. The van der Waals surface area contributed by atoms with E-state index in [4.69, 9.17) is 9.72 Å². The van der Waals surface area contributed by atoms with E-state index in [2.05, 4.69) is 5.32 Å². The van der Waals surface area contributed by atoms with Crippen molar-refractivity contribution in [3.63, 3.8) is 0 Å². The number of carbonyl (C=O) groups excluding carboxylic acids is 2. The van der Waals surface area contributed by atoms with Crippen molar-refractivity contribution < 1.29 is 14.3 Å². The lowest BCUT2D eigenvalue weighted by Gasteiger charge is -2.34. The highest BCUT2D eigenvalue weighted by molar-refractivity contribution is 7.10. The predicted molar refractivity (Wildman–Crippen MR) is 120 cm³/mol. The number of aromatic nitrogens is 1. The number of piperidine rings is 1. The fraction of sp³-hybridized carbons (Fsp3) is 0.292. The van der Waals surface area contributed by atoms with Crippen molar-refractivity contribution in [2.75, 3.05) is 18.5 Å². The van der Waals surface area contributed by atoms with Crippen LogP contribution in [0.1, 0.15) is 35.9 Å². The highest BCUT2D eigenvalue weighted by Gasteiger charge is 2.30. The zero-order chi connectivity index (χ0) is 21.2. The lowest BCUT2D eigenvalue weighted by atomic mass is 10.0. The number of ether oxygens (including phenoxy) is 1. The number of benzene rings is 2. The summed E-state index contributed by atoms with van der Waals surface area (Å²) in [4.78, 5) is 31.4. The van der Waals surface area contributed by atoms with Crippen LogP contribution in [0.5, 0.6) is 5.75 Å². The number of likely N-dealkylation sites (tertiary alicyclic amines) is 1. The van der Waals surface area contributed by atoms with Crippen LogP contribution in [0.4, 0.5) is 5.69 Å². The topological polar surface area (TPSA) is 71.5 Å². The smallest absolute Gasteiger partial charge is 0.261 e. The summed E-state index contributed by atoms with van der Waals surface area (Å²) in [5, 5.41) is 5.86. The Morgan fingerprint density at radius 2 is 2.06 bits per heavy atom. The maximum absolute atomic E-state index is 12.9. The Labute approximate surface area is 184 Å². The predicted octanol–water partition coefficient (Wildman–Crippen LogP) is 4.44. The van der Waals surface area contributed by atoms with Crippen molar-refractivity contribution in [1.29, 1.82) is 0 Å². The Morgan fingerprint density at radius 3 is 2.94 bits per heavy atom. The Kier molecular flexibility index (Phi) is 5.42. The zero-order valence-corrected chi connectivity index (χ0v) is 17.9. The molecule has 2 aliphatic heterocycles. The standard InChI is InChI=1S/C24H23N3O3S/c28-22-13-17-12-16(9-10-19(17)25-22)20-15-31-24(26-20)21-8-4-5-11-27(21)23(29)14-30-18-6-2-1-3-7-18/h1-3,6-7,9-10,12,15,21H,4-5,8,11,13-14H2,(H,25,28). The SMILES string of the molecule is O=C1Cc2cc(-c3csc(C4CCCCN4C(=O)COc4ccccc4)n3)ccc2N1. The third-order valence-corrected chi connectivity index (χ3v) is 6.71. The van der Waals surface area contributed by atoms with Crippen LogP contribution in [-0.2, 0) is 16.0 Å². The van der Waals surface area contributed by atoms with Crippen LogP contribution in [-0.4, -0.2) is 34.8 Å². The molecule has 2 amide bonds. The number of fused-ring (bicyclic) bond motifs is 1. The molecule has 1 fully saturated rings. The van der Waals surface area contributed by atoms with E-state index in [-0.39, 0.29) is 24.5 Å². The van der Waals surface area contributed by atoms with Crippen LogP contribution in [0.2, 0.25) is 0 Å². The van der Waals surface area contributed by atoms with Gasteiger partial charge in [-0.3, -0.25) is 9.59 Å². The van der Waals surface area contributed by atoms with Gasteiger partial charge in [0.2, 0.25) is 5.91 Å². The summed E-state index contributed by atoms with van der Waals surface area (Å²) in [7, 11) is 0. The van der Waals surface area contributed by atoms with Gasteiger partial charge in [-0.1, -0.05) is 24.3 Å². The van der Waals surface area contributed by atoms with Gasteiger partial charge in [0.25, 0.3) is 5.91 Å². The van der Waals surface area contributed by atoms with Crippen molar-refractivity contribution in [1.82, 2.24) is 9.88 Å². The lowest BCUT2D eigenvalue weighted by Crippen LogP contribution is -2.41. The molecule has 1 saturated heterocycles. The molecule has 1 unspecified atom stereocenters. The van der Waals surface area contributed by atoms with Gasteiger partial charge < -0.3 is 15.0 Å². The second-order valence-electron chi connectivity index (χ2n) is 7.87. The van der Waals surface area contributed by atoms with Gasteiger partial charge in [0, 0.05) is 23.2 Å². The number of rotatable bonds is 5. The minimum atomic E-state index is -0.0166. The second-order valence-corrected chi connectivity index (χ2v) is 8.76. The first-order chi connectivity index (χ1) is 15.2. The van der Waals surface area contributed by atoms with Crippen molar-refractivity contribution in [3.8, 4) is 17.0 Å². The van der Waals surface area contributed by atoms with E-state index >= 15 is 0 Å². The van der Waals surface area contributed by atoms with Crippen LogP contribution < -0.4 is 10.1 Å². The minimum Gasteiger partial charge on any atom is -0.484 e. The molecule has 0 bridgehead atoms. The molecule has 1 N–H and O–H groups in total. The van der Waals surface area contributed by atoms with E-state index in [1.807, 2.05) is 58.8 Å². The molecule has 1 atom stereocenters. The van der Waals surface area contributed by atoms with Crippen molar-refractivity contribution in [2.24, 2.45) is 0 Å². The fourth-order valence-corrected chi connectivity index (χ4v) is 5.17. The lowest BCUT2D eigenvalue weighted by molar-refractivity contribution is -0.137. The fourth-order valence-electron chi connectivity index (χ4n) is 4.19. The molecule has 3 heterocycles.